The van der Waals surface area contributed by atoms with Gasteiger partial charge in [0.2, 0.25) is 0 Å². The molecule has 0 bridgehead atoms. The number of nitrogens with two attached hydrogens (primary N) is 5. The molecule has 6 nitrogen and oxygen atoms in total. The summed E-state index contributed by atoms with van der Waals surface area (Å²) in [5.41, 5.74) is 21.2. The third-order valence-corrected chi connectivity index (χ3v) is 1.23. The van der Waals surface area contributed by atoms with E-state index >= 15 is 0 Å². The quantitative estimate of drug-likeness (QED) is 0.164. The number of likely N-dealkylation sites (N-methyl/N-ethyl adjacent to an activating group) is 1. The average molecular weight is 148 g/mol. The van der Waals surface area contributed by atoms with Crippen molar-refractivity contribution in [3.63, 3.8) is 0 Å². The van der Waals surface area contributed by atoms with Crippen molar-refractivity contribution in [1.29, 1.82) is 0 Å². The third kappa shape index (κ3) is 2.56. The molecule has 0 aromatic heterocycles. The highest BCUT2D eigenvalue weighted by Crippen LogP contribution is 1.90. The molecule has 0 rings (SSSR count). The number of rotatable bonds is 3. The van der Waals surface area contributed by atoms with Gasteiger partial charge in [-0.1, -0.05) is 6.92 Å². The van der Waals surface area contributed by atoms with Gasteiger partial charge in [-0.25, -0.2) is 5.01 Å². The lowest BCUT2D eigenvalue weighted by atomic mass is 10.3. The molecule has 1 atom stereocenters. The Hall–Kier alpha value is -0.240. The van der Waals surface area contributed by atoms with Gasteiger partial charge in [0.1, 0.15) is 12.0 Å². The van der Waals surface area contributed by atoms with E-state index in [4.69, 9.17) is 28.8 Å². The van der Waals surface area contributed by atoms with Gasteiger partial charge in [0.15, 0.2) is 0 Å². The van der Waals surface area contributed by atoms with Gasteiger partial charge in [-0.2, -0.15) is 0 Å². The highest BCUT2D eigenvalue weighted by molar-refractivity contribution is 4.79. The first-order valence-electron chi connectivity index (χ1n) is 3.03. The van der Waals surface area contributed by atoms with Gasteiger partial charge in [0.05, 0.1) is 0 Å². The number of hydrogen-bond acceptors (Lipinski definition) is 6. The Morgan fingerprint density at radius 3 is 1.90 bits per heavy atom. The molecule has 10 heavy (non-hydrogen) atoms. The molecule has 0 spiro atoms. The van der Waals surface area contributed by atoms with Gasteiger partial charge in [-0.05, 0) is 0 Å². The first-order valence-corrected chi connectivity index (χ1v) is 3.03. The number of hydrazine groups is 1. The van der Waals surface area contributed by atoms with Gasteiger partial charge < -0.3 is 5.73 Å². The van der Waals surface area contributed by atoms with Gasteiger partial charge in [-0.3, -0.25) is 23.0 Å². The SMILES string of the molecule is CCN(N)C(N)C(N)(N)N. The minimum absolute atomic E-state index is 0.550. The first kappa shape index (κ1) is 9.76. The van der Waals surface area contributed by atoms with E-state index in [-0.39, 0.29) is 0 Å². The summed E-state index contributed by atoms with van der Waals surface area (Å²) in [6.45, 7) is 2.38. The van der Waals surface area contributed by atoms with E-state index in [1.54, 1.807) is 0 Å². The van der Waals surface area contributed by atoms with E-state index in [2.05, 4.69) is 0 Å². The van der Waals surface area contributed by atoms with Crippen LogP contribution in [-0.2, 0) is 0 Å². The zero-order valence-electron chi connectivity index (χ0n) is 6.12. The molecule has 0 aromatic carbocycles. The van der Waals surface area contributed by atoms with E-state index in [1.807, 2.05) is 6.92 Å². The smallest absolute Gasteiger partial charge is 0.146 e. The van der Waals surface area contributed by atoms with Crippen molar-refractivity contribution in [3.8, 4) is 0 Å². The zero-order chi connectivity index (χ0) is 8.36. The lowest BCUT2D eigenvalue weighted by Gasteiger charge is -2.32. The summed E-state index contributed by atoms with van der Waals surface area (Å²) < 4.78 is 0. The van der Waals surface area contributed by atoms with Crippen LogP contribution in [0, 0.1) is 0 Å². The molecular weight excluding hydrogens is 132 g/mol. The van der Waals surface area contributed by atoms with Crippen LogP contribution in [-0.4, -0.2) is 23.5 Å². The Bertz CT molecular complexity index is 96.4. The maximum atomic E-state index is 5.43. The van der Waals surface area contributed by atoms with Crippen LogP contribution < -0.4 is 28.8 Å². The number of nitrogens with zero attached hydrogens (tertiary/aromatic N) is 1. The predicted molar refractivity (Wildman–Crippen MR) is 39.8 cm³/mol. The second-order valence-electron chi connectivity index (χ2n) is 2.28. The molecule has 62 valence electrons. The molecule has 0 aromatic rings. The number of hydrogen-bond donors (Lipinski definition) is 5. The molecule has 0 aliphatic heterocycles. The van der Waals surface area contributed by atoms with Gasteiger partial charge in [0, 0.05) is 6.54 Å². The zero-order valence-corrected chi connectivity index (χ0v) is 6.12. The molecule has 1 unspecified atom stereocenters. The van der Waals surface area contributed by atoms with Crippen LogP contribution in [0.2, 0.25) is 0 Å². The van der Waals surface area contributed by atoms with E-state index < -0.39 is 12.0 Å². The normalized spacial score (nSPS) is 15.9. The molecule has 0 aliphatic rings. The molecule has 6 heteroatoms. The summed E-state index contributed by atoms with van der Waals surface area (Å²) in [4.78, 5) is 0. The second-order valence-corrected chi connectivity index (χ2v) is 2.28. The fraction of sp³-hybridized carbons (Fsp3) is 1.00. The Morgan fingerprint density at radius 2 is 1.80 bits per heavy atom. The fourth-order valence-corrected chi connectivity index (χ4v) is 0.484. The van der Waals surface area contributed by atoms with Crippen LogP contribution in [0.25, 0.3) is 0 Å². The minimum Gasteiger partial charge on any atom is -0.311 e. The lowest BCUT2D eigenvalue weighted by Crippen LogP contribution is -2.74. The Balaban J connectivity index is 3.94. The molecule has 10 N–H and O–H groups in total. The highest BCUT2D eigenvalue weighted by Gasteiger charge is 2.25. The third-order valence-electron chi connectivity index (χ3n) is 1.23. The molecule has 0 saturated carbocycles. The van der Waals surface area contributed by atoms with Crippen LogP contribution in [0.1, 0.15) is 6.92 Å². The first-order chi connectivity index (χ1) is 4.39. The molecule has 0 saturated heterocycles. The Kier molecular flexibility index (Phi) is 3.16. The Morgan fingerprint density at radius 1 is 1.40 bits per heavy atom. The Labute approximate surface area is 60.3 Å². The summed E-state index contributed by atoms with van der Waals surface area (Å²) in [5, 5.41) is 1.28. The molecular formula is C4H16N6. The van der Waals surface area contributed by atoms with Crippen LogP contribution in [0.15, 0.2) is 0 Å². The summed E-state index contributed by atoms with van der Waals surface area (Å²) >= 11 is 0. The van der Waals surface area contributed by atoms with Gasteiger partial charge in [0.25, 0.3) is 0 Å². The van der Waals surface area contributed by atoms with Crippen molar-refractivity contribution in [3.05, 3.63) is 0 Å². The van der Waals surface area contributed by atoms with E-state index in [1.165, 1.54) is 5.01 Å². The standard InChI is InChI=1S/C4H16N6/c1-2-10(9)3(5)4(6,7)8/h3H,2,5-9H2,1H3. The highest BCUT2D eigenvalue weighted by atomic mass is 15.5. The molecule has 0 amide bonds. The topological polar surface area (TPSA) is 133 Å². The van der Waals surface area contributed by atoms with Crippen LogP contribution in [0.5, 0.6) is 0 Å². The van der Waals surface area contributed by atoms with Gasteiger partial charge in [-0.15, -0.1) is 0 Å². The van der Waals surface area contributed by atoms with Crippen molar-refractivity contribution < 1.29 is 0 Å². The summed E-state index contributed by atoms with van der Waals surface area (Å²) in [5.74, 6) is 3.93. The summed E-state index contributed by atoms with van der Waals surface area (Å²) in [7, 11) is 0. The second kappa shape index (κ2) is 3.24. The van der Waals surface area contributed by atoms with Crippen LogP contribution >= 0.6 is 0 Å². The largest absolute Gasteiger partial charge is 0.311 e. The van der Waals surface area contributed by atoms with Crippen LogP contribution in [0.3, 0.4) is 0 Å². The summed E-state index contributed by atoms with van der Waals surface area (Å²) in [6, 6.07) is 0. The monoisotopic (exact) mass is 148 g/mol. The molecule has 0 fully saturated rings. The van der Waals surface area contributed by atoms with Crippen molar-refractivity contribution in [2.75, 3.05) is 6.54 Å². The van der Waals surface area contributed by atoms with E-state index in [0.717, 1.165) is 0 Å². The predicted octanol–water partition coefficient (Wildman–Crippen LogP) is -3.00. The summed E-state index contributed by atoms with van der Waals surface area (Å²) in [6.07, 6.45) is -0.725. The van der Waals surface area contributed by atoms with Crippen molar-refractivity contribution in [2.45, 2.75) is 18.9 Å². The molecule has 0 heterocycles. The van der Waals surface area contributed by atoms with E-state index in [0.29, 0.717) is 6.54 Å². The maximum Gasteiger partial charge on any atom is 0.146 e. The van der Waals surface area contributed by atoms with Crippen molar-refractivity contribution in [1.82, 2.24) is 5.01 Å². The fourth-order valence-electron chi connectivity index (χ4n) is 0.484. The van der Waals surface area contributed by atoms with E-state index in [9.17, 15) is 0 Å². The lowest BCUT2D eigenvalue weighted by molar-refractivity contribution is 0.136. The van der Waals surface area contributed by atoms with Crippen molar-refractivity contribution >= 4 is 0 Å². The molecule has 0 aliphatic carbocycles. The van der Waals surface area contributed by atoms with Gasteiger partial charge >= 0.3 is 0 Å². The molecule has 0 radical (unpaired) electrons. The average Bonchev–Trinajstić information content (AvgIpc) is 1.83. The van der Waals surface area contributed by atoms with Crippen molar-refractivity contribution in [2.24, 2.45) is 28.8 Å². The minimum atomic E-state index is -1.44. The maximum absolute atomic E-state index is 5.43. The van der Waals surface area contributed by atoms with Crippen LogP contribution in [0.4, 0.5) is 0 Å².